The quantitative estimate of drug-likeness (QED) is 0.755. The number of hydroxylamine groups is 1. The molecule has 2 nitrogen and oxygen atoms in total. The summed E-state index contributed by atoms with van der Waals surface area (Å²) in [7, 11) is 1.48. The lowest BCUT2D eigenvalue weighted by Gasteiger charge is -2.11. The van der Waals surface area contributed by atoms with E-state index in [4.69, 9.17) is 0 Å². The lowest BCUT2D eigenvalue weighted by molar-refractivity contribution is 0.0172. The molecule has 1 aromatic carbocycles. The van der Waals surface area contributed by atoms with Gasteiger partial charge in [-0.25, -0.2) is 8.78 Å². The molecule has 0 aromatic heterocycles. The van der Waals surface area contributed by atoms with Crippen LogP contribution in [0.3, 0.4) is 0 Å². The fourth-order valence-corrected chi connectivity index (χ4v) is 1.11. The van der Waals surface area contributed by atoms with E-state index in [2.05, 4.69) is 10.3 Å². The van der Waals surface area contributed by atoms with Crippen molar-refractivity contribution < 1.29 is 13.6 Å². The number of hydrogen-bond acceptors (Lipinski definition) is 2. The fourth-order valence-electron chi connectivity index (χ4n) is 1.11. The van der Waals surface area contributed by atoms with Gasteiger partial charge in [0.1, 0.15) is 0 Å². The maximum atomic E-state index is 12.9. The molecule has 0 aliphatic carbocycles. The van der Waals surface area contributed by atoms with E-state index in [9.17, 15) is 8.78 Å². The molecule has 0 radical (unpaired) electrons. The average molecular weight is 201 g/mol. The Bertz CT molecular complexity index is 296. The molecule has 1 rings (SSSR count). The van der Waals surface area contributed by atoms with Crippen LogP contribution in [0.15, 0.2) is 24.3 Å². The Labute approximate surface area is 81.8 Å². The van der Waals surface area contributed by atoms with Crippen LogP contribution in [0.25, 0.3) is 0 Å². The molecule has 0 unspecified atom stereocenters. The van der Waals surface area contributed by atoms with Gasteiger partial charge in [0.25, 0.3) is 5.92 Å². The van der Waals surface area contributed by atoms with Gasteiger partial charge in [-0.15, -0.1) is 0 Å². The zero-order valence-corrected chi connectivity index (χ0v) is 8.18. The second-order valence-corrected chi connectivity index (χ2v) is 3.11. The van der Waals surface area contributed by atoms with Crippen molar-refractivity contribution in [2.75, 3.05) is 7.11 Å². The molecule has 1 aromatic rings. The fraction of sp³-hybridized carbons (Fsp3) is 0.400. The highest BCUT2D eigenvalue weighted by Gasteiger charge is 2.23. The van der Waals surface area contributed by atoms with E-state index >= 15 is 0 Å². The summed E-state index contributed by atoms with van der Waals surface area (Å²) in [4.78, 5) is 4.63. The Hall–Kier alpha value is -1.00. The number of benzene rings is 1. The van der Waals surface area contributed by atoms with E-state index in [1.54, 1.807) is 12.1 Å². The van der Waals surface area contributed by atoms with Gasteiger partial charge in [-0.2, -0.15) is 5.48 Å². The first-order valence-electron chi connectivity index (χ1n) is 4.27. The van der Waals surface area contributed by atoms with Crippen LogP contribution in [-0.4, -0.2) is 7.11 Å². The van der Waals surface area contributed by atoms with E-state index < -0.39 is 5.92 Å². The molecular weight excluding hydrogens is 188 g/mol. The minimum atomic E-state index is -2.79. The molecule has 78 valence electrons. The SMILES string of the molecule is CONCc1cccc(C(C)(F)F)c1. The van der Waals surface area contributed by atoms with Gasteiger partial charge in [0.05, 0.1) is 7.11 Å². The average Bonchev–Trinajstić information content (AvgIpc) is 2.14. The summed E-state index contributed by atoms with van der Waals surface area (Å²) >= 11 is 0. The van der Waals surface area contributed by atoms with E-state index in [0.29, 0.717) is 6.54 Å². The number of hydrogen-bond donors (Lipinski definition) is 1. The molecule has 0 aliphatic heterocycles. The molecule has 4 heteroatoms. The summed E-state index contributed by atoms with van der Waals surface area (Å²) in [5, 5.41) is 0. The molecule has 1 N–H and O–H groups in total. The second-order valence-electron chi connectivity index (χ2n) is 3.11. The summed E-state index contributed by atoms with van der Waals surface area (Å²) in [6.45, 7) is 1.30. The van der Waals surface area contributed by atoms with Gasteiger partial charge in [-0.1, -0.05) is 18.2 Å². The van der Waals surface area contributed by atoms with Crippen molar-refractivity contribution in [1.29, 1.82) is 0 Å². The van der Waals surface area contributed by atoms with Crippen molar-refractivity contribution in [3.8, 4) is 0 Å². The lowest BCUT2D eigenvalue weighted by Crippen LogP contribution is -2.12. The van der Waals surface area contributed by atoms with Crippen LogP contribution in [-0.2, 0) is 17.3 Å². The predicted molar refractivity (Wildman–Crippen MR) is 49.9 cm³/mol. The minimum absolute atomic E-state index is 0.0212. The van der Waals surface area contributed by atoms with Crippen molar-refractivity contribution in [3.63, 3.8) is 0 Å². The Balaban J connectivity index is 2.79. The van der Waals surface area contributed by atoms with Crippen LogP contribution in [0.2, 0.25) is 0 Å². The smallest absolute Gasteiger partial charge is 0.270 e. The van der Waals surface area contributed by atoms with Gasteiger partial charge >= 0.3 is 0 Å². The third-order valence-corrected chi connectivity index (χ3v) is 1.85. The largest absolute Gasteiger partial charge is 0.305 e. The third kappa shape index (κ3) is 3.05. The molecule has 0 spiro atoms. The van der Waals surface area contributed by atoms with Gasteiger partial charge in [-0.05, 0) is 11.6 Å². The summed E-state index contributed by atoms with van der Waals surface area (Å²) in [6, 6.07) is 6.25. The zero-order chi connectivity index (χ0) is 10.6. The normalized spacial score (nSPS) is 11.7. The Morgan fingerprint density at radius 1 is 1.43 bits per heavy atom. The zero-order valence-electron chi connectivity index (χ0n) is 8.18. The Morgan fingerprint density at radius 2 is 2.14 bits per heavy atom. The van der Waals surface area contributed by atoms with Crippen molar-refractivity contribution in [2.45, 2.75) is 19.4 Å². The van der Waals surface area contributed by atoms with Gasteiger partial charge < -0.3 is 4.84 Å². The maximum absolute atomic E-state index is 12.9. The number of alkyl halides is 2. The predicted octanol–water partition coefficient (Wildman–Crippen LogP) is 2.45. The van der Waals surface area contributed by atoms with E-state index in [-0.39, 0.29) is 5.56 Å². The molecule has 0 atom stereocenters. The number of halogens is 2. The van der Waals surface area contributed by atoms with Crippen LogP contribution in [0, 0.1) is 0 Å². The van der Waals surface area contributed by atoms with Crippen LogP contribution in [0.5, 0.6) is 0 Å². The van der Waals surface area contributed by atoms with Crippen molar-refractivity contribution in [1.82, 2.24) is 5.48 Å². The highest BCUT2D eigenvalue weighted by Crippen LogP contribution is 2.27. The first-order chi connectivity index (χ1) is 6.54. The highest BCUT2D eigenvalue weighted by atomic mass is 19.3. The molecule has 14 heavy (non-hydrogen) atoms. The summed E-state index contributed by atoms with van der Waals surface area (Å²) in [6.07, 6.45) is 0. The Morgan fingerprint density at radius 3 is 2.71 bits per heavy atom. The summed E-state index contributed by atoms with van der Waals surface area (Å²) in [5.74, 6) is -2.79. The van der Waals surface area contributed by atoms with Crippen LogP contribution >= 0.6 is 0 Å². The van der Waals surface area contributed by atoms with Crippen LogP contribution in [0.1, 0.15) is 18.1 Å². The standard InChI is InChI=1S/C10H13F2NO/c1-10(11,12)9-5-3-4-8(6-9)7-13-14-2/h3-6,13H,7H2,1-2H3. The number of rotatable bonds is 4. The van der Waals surface area contributed by atoms with Crippen molar-refractivity contribution in [2.24, 2.45) is 0 Å². The first kappa shape index (κ1) is 11.1. The molecule has 0 fully saturated rings. The summed E-state index contributed by atoms with van der Waals surface area (Å²) in [5.41, 5.74) is 3.39. The van der Waals surface area contributed by atoms with Crippen LogP contribution < -0.4 is 5.48 Å². The second kappa shape index (κ2) is 4.48. The topological polar surface area (TPSA) is 21.3 Å². The summed E-state index contributed by atoms with van der Waals surface area (Å²) < 4.78 is 25.8. The van der Waals surface area contributed by atoms with Crippen LogP contribution in [0.4, 0.5) is 8.78 Å². The van der Waals surface area contributed by atoms with Gasteiger partial charge in [0.15, 0.2) is 0 Å². The molecule has 0 saturated heterocycles. The molecule has 0 aliphatic rings. The molecule has 0 saturated carbocycles. The lowest BCUT2D eigenvalue weighted by atomic mass is 10.1. The van der Waals surface area contributed by atoms with E-state index in [1.165, 1.54) is 19.2 Å². The highest BCUT2D eigenvalue weighted by molar-refractivity contribution is 5.26. The monoisotopic (exact) mass is 201 g/mol. The Kier molecular flexibility index (Phi) is 3.55. The van der Waals surface area contributed by atoms with Gasteiger partial charge in [0.2, 0.25) is 0 Å². The minimum Gasteiger partial charge on any atom is -0.305 e. The van der Waals surface area contributed by atoms with E-state index in [0.717, 1.165) is 12.5 Å². The third-order valence-electron chi connectivity index (χ3n) is 1.85. The van der Waals surface area contributed by atoms with Gasteiger partial charge in [-0.3, -0.25) is 0 Å². The number of nitrogens with one attached hydrogen (secondary N) is 1. The van der Waals surface area contributed by atoms with E-state index in [1.807, 2.05) is 0 Å². The van der Waals surface area contributed by atoms with Gasteiger partial charge in [0, 0.05) is 19.0 Å². The molecule has 0 heterocycles. The maximum Gasteiger partial charge on any atom is 0.270 e. The first-order valence-corrected chi connectivity index (χ1v) is 4.27. The van der Waals surface area contributed by atoms with Crippen molar-refractivity contribution in [3.05, 3.63) is 35.4 Å². The molecule has 0 bridgehead atoms. The molecule has 0 amide bonds. The van der Waals surface area contributed by atoms with Crippen molar-refractivity contribution >= 4 is 0 Å². The molecular formula is C10H13F2NO.